The normalized spacial score (nSPS) is 25.2. The van der Waals surface area contributed by atoms with E-state index in [4.69, 9.17) is 9.47 Å². The van der Waals surface area contributed by atoms with Crippen molar-refractivity contribution in [2.45, 2.75) is 37.2 Å². The van der Waals surface area contributed by atoms with Crippen LogP contribution in [-0.4, -0.2) is 37.6 Å². The Balaban J connectivity index is 1.27. The molecule has 28 heavy (non-hydrogen) atoms. The van der Waals surface area contributed by atoms with Gasteiger partial charge in [-0.25, -0.2) is 0 Å². The summed E-state index contributed by atoms with van der Waals surface area (Å²) in [5, 5.41) is 0. The van der Waals surface area contributed by atoms with Gasteiger partial charge in [-0.1, -0.05) is 36.4 Å². The van der Waals surface area contributed by atoms with Crippen molar-refractivity contribution in [1.82, 2.24) is 4.90 Å². The second-order valence-corrected chi connectivity index (χ2v) is 8.30. The molecular formula is C24H27NO3. The Hall–Kier alpha value is -2.33. The summed E-state index contributed by atoms with van der Waals surface area (Å²) >= 11 is 0. The van der Waals surface area contributed by atoms with Crippen LogP contribution in [0.4, 0.5) is 0 Å². The lowest BCUT2D eigenvalue weighted by Gasteiger charge is -2.45. The number of likely N-dealkylation sites (tertiary alicyclic amines) is 1. The molecule has 2 atom stereocenters. The number of benzene rings is 2. The summed E-state index contributed by atoms with van der Waals surface area (Å²) in [6, 6.07) is 16.8. The summed E-state index contributed by atoms with van der Waals surface area (Å²) in [6.45, 7) is 2.30. The predicted octanol–water partition coefficient (Wildman–Crippen LogP) is 3.89. The number of nitrogens with zero attached hydrogens (tertiary/aromatic N) is 1. The fraction of sp³-hybridized carbons (Fsp3) is 0.458. The number of hydrogen-bond donors (Lipinski definition) is 0. The molecule has 1 amide bonds. The molecule has 2 fully saturated rings. The Morgan fingerprint density at radius 3 is 2.68 bits per heavy atom. The van der Waals surface area contributed by atoms with Gasteiger partial charge in [0.1, 0.15) is 5.75 Å². The van der Waals surface area contributed by atoms with Gasteiger partial charge in [-0.3, -0.25) is 4.79 Å². The molecule has 2 aromatic carbocycles. The highest BCUT2D eigenvalue weighted by atomic mass is 16.5. The molecule has 1 aliphatic carbocycles. The summed E-state index contributed by atoms with van der Waals surface area (Å²) in [7, 11) is 1.71. The number of piperidine rings is 1. The molecule has 0 bridgehead atoms. The van der Waals surface area contributed by atoms with E-state index < -0.39 is 0 Å². The molecule has 5 rings (SSSR count). The first kappa shape index (κ1) is 17.7. The number of ether oxygens (including phenoxy) is 2. The van der Waals surface area contributed by atoms with E-state index in [9.17, 15) is 4.79 Å². The summed E-state index contributed by atoms with van der Waals surface area (Å²) in [5.41, 5.74) is 3.68. The van der Waals surface area contributed by atoms with Gasteiger partial charge in [0, 0.05) is 19.0 Å². The number of rotatable bonds is 3. The molecule has 1 saturated carbocycles. The number of methoxy groups -OCH3 is 1. The highest BCUT2D eigenvalue weighted by Gasteiger charge is 2.48. The zero-order valence-corrected chi connectivity index (χ0v) is 16.4. The van der Waals surface area contributed by atoms with E-state index in [0.717, 1.165) is 51.1 Å². The van der Waals surface area contributed by atoms with Crippen molar-refractivity contribution in [3.8, 4) is 5.75 Å². The van der Waals surface area contributed by atoms with E-state index in [1.165, 1.54) is 16.7 Å². The van der Waals surface area contributed by atoms with Gasteiger partial charge in [-0.15, -0.1) is 0 Å². The van der Waals surface area contributed by atoms with Crippen molar-refractivity contribution in [1.29, 1.82) is 0 Å². The topological polar surface area (TPSA) is 38.8 Å². The van der Waals surface area contributed by atoms with Gasteiger partial charge < -0.3 is 14.4 Å². The first-order chi connectivity index (χ1) is 13.7. The molecule has 4 nitrogen and oxygen atoms in total. The van der Waals surface area contributed by atoms with Gasteiger partial charge in [0.05, 0.1) is 19.3 Å². The first-order valence-corrected chi connectivity index (χ1v) is 10.4. The van der Waals surface area contributed by atoms with Crippen molar-refractivity contribution >= 4 is 5.91 Å². The van der Waals surface area contributed by atoms with Crippen LogP contribution in [0, 0.1) is 5.92 Å². The Morgan fingerprint density at radius 1 is 1.14 bits per heavy atom. The molecule has 0 unspecified atom stereocenters. The average molecular weight is 377 g/mol. The molecule has 0 radical (unpaired) electrons. The van der Waals surface area contributed by atoms with Crippen LogP contribution in [0.2, 0.25) is 0 Å². The lowest BCUT2D eigenvalue weighted by Crippen LogP contribution is -2.48. The third-order valence-electron chi connectivity index (χ3n) is 6.77. The summed E-state index contributed by atoms with van der Waals surface area (Å²) < 4.78 is 11.7. The standard InChI is InChI=1S/C24H27NO3/c1-27-19-7-8-22-18(15-19)9-14-28-24(22)10-12-25(13-11-24)23(26)21-16-20(21)17-5-3-2-4-6-17/h2-8,15,20-21H,9-14,16H2,1H3/t20-,21+/m0/s1. The minimum Gasteiger partial charge on any atom is -0.497 e. The third kappa shape index (κ3) is 3.00. The van der Waals surface area contributed by atoms with Crippen molar-refractivity contribution in [2.75, 3.05) is 26.8 Å². The van der Waals surface area contributed by atoms with Crippen molar-refractivity contribution < 1.29 is 14.3 Å². The smallest absolute Gasteiger partial charge is 0.226 e. The number of hydrogen-bond acceptors (Lipinski definition) is 3. The van der Waals surface area contributed by atoms with Crippen LogP contribution >= 0.6 is 0 Å². The molecule has 1 saturated heterocycles. The van der Waals surface area contributed by atoms with Gasteiger partial charge >= 0.3 is 0 Å². The van der Waals surface area contributed by atoms with E-state index in [0.29, 0.717) is 11.8 Å². The third-order valence-corrected chi connectivity index (χ3v) is 6.77. The van der Waals surface area contributed by atoms with E-state index in [2.05, 4.69) is 41.3 Å². The molecule has 4 heteroatoms. The Kier molecular flexibility index (Phi) is 4.39. The minimum atomic E-state index is -0.237. The zero-order chi connectivity index (χ0) is 19.1. The van der Waals surface area contributed by atoms with Crippen molar-refractivity contribution in [3.63, 3.8) is 0 Å². The summed E-state index contributed by atoms with van der Waals surface area (Å²) in [4.78, 5) is 15.1. The summed E-state index contributed by atoms with van der Waals surface area (Å²) in [5.74, 6) is 1.81. The lowest BCUT2D eigenvalue weighted by atomic mass is 9.79. The lowest BCUT2D eigenvalue weighted by molar-refractivity contribution is -0.142. The number of amides is 1. The van der Waals surface area contributed by atoms with E-state index in [1.807, 2.05) is 12.1 Å². The maximum Gasteiger partial charge on any atom is 0.226 e. The van der Waals surface area contributed by atoms with Gasteiger partial charge in [0.2, 0.25) is 5.91 Å². The predicted molar refractivity (Wildman–Crippen MR) is 107 cm³/mol. The Bertz CT molecular complexity index is 871. The molecule has 3 aliphatic rings. The Labute approximate surface area is 166 Å². The SMILES string of the molecule is COc1ccc2c(c1)CCOC21CCN(C(=O)[C@@H]2C[C@H]2c2ccccc2)CC1. The monoisotopic (exact) mass is 377 g/mol. The molecule has 0 aromatic heterocycles. The van der Waals surface area contributed by atoms with Crippen LogP contribution in [0.25, 0.3) is 0 Å². The second kappa shape index (κ2) is 6.93. The summed E-state index contributed by atoms with van der Waals surface area (Å²) in [6.07, 6.45) is 3.67. The van der Waals surface area contributed by atoms with Crippen LogP contribution in [0.5, 0.6) is 5.75 Å². The molecule has 2 aliphatic heterocycles. The fourth-order valence-corrected chi connectivity index (χ4v) is 5.06. The molecule has 1 spiro atoms. The van der Waals surface area contributed by atoms with Crippen LogP contribution in [0.1, 0.15) is 41.9 Å². The zero-order valence-electron chi connectivity index (χ0n) is 16.4. The van der Waals surface area contributed by atoms with Gasteiger partial charge in [-0.2, -0.15) is 0 Å². The van der Waals surface area contributed by atoms with Gasteiger partial charge in [-0.05, 0) is 60.4 Å². The van der Waals surface area contributed by atoms with E-state index >= 15 is 0 Å². The quantitative estimate of drug-likeness (QED) is 0.815. The molecule has 2 aromatic rings. The van der Waals surface area contributed by atoms with Crippen LogP contribution in [0.15, 0.2) is 48.5 Å². The van der Waals surface area contributed by atoms with Gasteiger partial charge in [0.15, 0.2) is 0 Å². The largest absolute Gasteiger partial charge is 0.497 e. The van der Waals surface area contributed by atoms with Gasteiger partial charge in [0.25, 0.3) is 0 Å². The Morgan fingerprint density at radius 2 is 1.93 bits per heavy atom. The minimum absolute atomic E-state index is 0.167. The van der Waals surface area contributed by atoms with E-state index in [1.54, 1.807) is 7.11 Å². The number of fused-ring (bicyclic) bond motifs is 2. The average Bonchev–Trinajstić information content (AvgIpc) is 3.55. The molecular weight excluding hydrogens is 350 g/mol. The maximum absolute atomic E-state index is 13.0. The maximum atomic E-state index is 13.0. The highest BCUT2D eigenvalue weighted by molar-refractivity contribution is 5.83. The van der Waals surface area contributed by atoms with E-state index in [-0.39, 0.29) is 11.5 Å². The molecule has 146 valence electrons. The second-order valence-electron chi connectivity index (χ2n) is 8.30. The van der Waals surface area contributed by atoms with Crippen LogP contribution < -0.4 is 4.74 Å². The van der Waals surface area contributed by atoms with Crippen LogP contribution in [0.3, 0.4) is 0 Å². The van der Waals surface area contributed by atoms with Crippen LogP contribution in [-0.2, 0) is 21.6 Å². The number of carbonyl (C=O) groups is 1. The van der Waals surface area contributed by atoms with Crippen molar-refractivity contribution in [2.24, 2.45) is 5.92 Å². The molecule has 2 heterocycles. The number of carbonyl (C=O) groups excluding carboxylic acids is 1. The highest BCUT2D eigenvalue weighted by Crippen LogP contribution is 2.49. The first-order valence-electron chi connectivity index (χ1n) is 10.4. The molecule has 0 N–H and O–H groups in total. The van der Waals surface area contributed by atoms with Crippen molar-refractivity contribution in [3.05, 3.63) is 65.2 Å². The fourth-order valence-electron chi connectivity index (χ4n) is 5.06.